The molecule has 2 amide bonds. The summed E-state index contributed by atoms with van der Waals surface area (Å²) in [4.78, 5) is 26.3. The maximum atomic E-state index is 12.7. The van der Waals surface area contributed by atoms with Gasteiger partial charge in [-0.2, -0.15) is 0 Å². The van der Waals surface area contributed by atoms with Crippen LogP contribution >= 0.6 is 0 Å². The Kier molecular flexibility index (Phi) is 3.60. The van der Waals surface area contributed by atoms with Crippen LogP contribution in [-0.2, 0) is 15.0 Å². The van der Waals surface area contributed by atoms with Gasteiger partial charge >= 0.3 is 0 Å². The Labute approximate surface area is 141 Å². The Bertz CT molecular complexity index is 764. The normalized spacial score (nSPS) is 18.5. The molecule has 0 aromatic heterocycles. The molecular formula is C20H20N2O2. The second-order valence-electron chi connectivity index (χ2n) is 6.60. The molecule has 2 aliphatic rings. The fourth-order valence-electron chi connectivity index (χ4n) is 3.43. The molecule has 0 unspecified atom stereocenters. The molecule has 24 heavy (non-hydrogen) atoms. The summed E-state index contributed by atoms with van der Waals surface area (Å²) in [6.45, 7) is 0.779. The summed E-state index contributed by atoms with van der Waals surface area (Å²) >= 11 is 0. The lowest BCUT2D eigenvalue weighted by Gasteiger charge is -2.18. The molecule has 1 N–H and O–H groups in total. The quantitative estimate of drug-likeness (QED) is 0.937. The minimum Gasteiger partial charge on any atom is -0.325 e. The van der Waals surface area contributed by atoms with E-state index in [2.05, 4.69) is 5.32 Å². The predicted molar refractivity (Wildman–Crippen MR) is 94.0 cm³/mol. The number of carbonyl (C=O) groups is 2. The minimum atomic E-state index is -0.370. The van der Waals surface area contributed by atoms with E-state index < -0.39 is 0 Å². The first kappa shape index (κ1) is 14.9. The van der Waals surface area contributed by atoms with Gasteiger partial charge in [0, 0.05) is 24.3 Å². The van der Waals surface area contributed by atoms with Crippen LogP contribution in [0.1, 0.15) is 31.2 Å². The van der Waals surface area contributed by atoms with Crippen LogP contribution in [0.15, 0.2) is 54.6 Å². The molecule has 4 heteroatoms. The first-order valence-corrected chi connectivity index (χ1v) is 8.46. The molecule has 122 valence electrons. The van der Waals surface area contributed by atoms with Crippen LogP contribution in [-0.4, -0.2) is 18.4 Å². The lowest BCUT2D eigenvalue weighted by Crippen LogP contribution is -2.28. The van der Waals surface area contributed by atoms with Crippen LogP contribution in [0, 0.1) is 0 Å². The lowest BCUT2D eigenvalue weighted by molar-refractivity contribution is -0.118. The van der Waals surface area contributed by atoms with Crippen molar-refractivity contribution in [1.82, 2.24) is 0 Å². The highest BCUT2D eigenvalue weighted by Crippen LogP contribution is 2.48. The molecule has 0 atom stereocenters. The van der Waals surface area contributed by atoms with Gasteiger partial charge in [0.15, 0.2) is 0 Å². The van der Waals surface area contributed by atoms with E-state index in [1.807, 2.05) is 54.6 Å². The standard InChI is InChI=1S/C20H20N2O2/c23-18-7-4-14-22(18)17-10-8-16(9-11-17)21-19(24)20(12-13-20)15-5-2-1-3-6-15/h1-3,5-6,8-11H,4,7,12-14H2,(H,21,24). The number of amides is 2. The zero-order valence-corrected chi connectivity index (χ0v) is 13.5. The van der Waals surface area contributed by atoms with Crippen molar-refractivity contribution in [3.63, 3.8) is 0 Å². The van der Waals surface area contributed by atoms with E-state index in [4.69, 9.17) is 0 Å². The second kappa shape index (κ2) is 5.78. The van der Waals surface area contributed by atoms with Crippen LogP contribution in [0.2, 0.25) is 0 Å². The van der Waals surface area contributed by atoms with Gasteiger partial charge in [0.1, 0.15) is 0 Å². The molecular weight excluding hydrogens is 300 g/mol. The van der Waals surface area contributed by atoms with Gasteiger partial charge in [-0.1, -0.05) is 30.3 Å². The van der Waals surface area contributed by atoms with Gasteiger partial charge in [0.2, 0.25) is 11.8 Å². The highest BCUT2D eigenvalue weighted by molar-refractivity contribution is 6.01. The van der Waals surface area contributed by atoms with Gasteiger partial charge in [0.25, 0.3) is 0 Å². The Morgan fingerprint density at radius 2 is 1.71 bits per heavy atom. The van der Waals surface area contributed by atoms with Crippen LogP contribution in [0.5, 0.6) is 0 Å². The molecule has 1 saturated carbocycles. The van der Waals surface area contributed by atoms with Gasteiger partial charge in [-0.15, -0.1) is 0 Å². The van der Waals surface area contributed by atoms with Crippen molar-refractivity contribution < 1.29 is 9.59 Å². The first-order chi connectivity index (χ1) is 11.7. The molecule has 0 bridgehead atoms. The largest absolute Gasteiger partial charge is 0.325 e. The van der Waals surface area contributed by atoms with Gasteiger partial charge in [-0.05, 0) is 49.1 Å². The number of carbonyl (C=O) groups excluding carboxylic acids is 2. The van der Waals surface area contributed by atoms with Crippen molar-refractivity contribution in [3.05, 3.63) is 60.2 Å². The average Bonchev–Trinajstić information content (AvgIpc) is 3.33. The molecule has 0 spiro atoms. The summed E-state index contributed by atoms with van der Waals surface area (Å²) in [7, 11) is 0. The highest BCUT2D eigenvalue weighted by Gasteiger charge is 2.51. The van der Waals surface area contributed by atoms with Crippen LogP contribution in [0.4, 0.5) is 11.4 Å². The van der Waals surface area contributed by atoms with Gasteiger partial charge in [0.05, 0.1) is 5.41 Å². The number of rotatable bonds is 4. The van der Waals surface area contributed by atoms with E-state index in [9.17, 15) is 9.59 Å². The molecule has 1 heterocycles. The minimum absolute atomic E-state index is 0.0544. The van der Waals surface area contributed by atoms with Crippen LogP contribution in [0.25, 0.3) is 0 Å². The van der Waals surface area contributed by atoms with E-state index >= 15 is 0 Å². The summed E-state index contributed by atoms with van der Waals surface area (Å²) in [5.74, 6) is 0.228. The second-order valence-corrected chi connectivity index (χ2v) is 6.60. The van der Waals surface area contributed by atoms with E-state index in [1.165, 1.54) is 0 Å². The maximum absolute atomic E-state index is 12.7. The summed E-state index contributed by atoms with van der Waals surface area (Å²) in [5.41, 5.74) is 2.39. The van der Waals surface area contributed by atoms with Gasteiger partial charge in [-0.25, -0.2) is 0 Å². The number of hydrogen-bond donors (Lipinski definition) is 1. The zero-order chi connectivity index (χ0) is 16.6. The van der Waals surface area contributed by atoms with Crippen molar-refractivity contribution in [2.24, 2.45) is 0 Å². The first-order valence-electron chi connectivity index (χ1n) is 8.46. The molecule has 2 aromatic rings. The summed E-state index contributed by atoms with van der Waals surface area (Å²) in [6.07, 6.45) is 3.32. The van der Waals surface area contributed by atoms with Crippen molar-refractivity contribution in [3.8, 4) is 0 Å². The lowest BCUT2D eigenvalue weighted by atomic mass is 9.95. The zero-order valence-electron chi connectivity index (χ0n) is 13.5. The molecule has 4 rings (SSSR count). The van der Waals surface area contributed by atoms with E-state index in [1.54, 1.807) is 4.90 Å². The SMILES string of the molecule is O=C1CCCN1c1ccc(NC(=O)C2(c3ccccc3)CC2)cc1. The third-order valence-electron chi connectivity index (χ3n) is 5.02. The molecule has 2 fully saturated rings. The topological polar surface area (TPSA) is 49.4 Å². The Morgan fingerprint density at radius 1 is 1.00 bits per heavy atom. The van der Waals surface area contributed by atoms with Gasteiger partial charge in [-0.3, -0.25) is 9.59 Å². The summed E-state index contributed by atoms with van der Waals surface area (Å²) in [5, 5.41) is 3.03. The molecule has 1 aliphatic heterocycles. The number of nitrogens with zero attached hydrogens (tertiary/aromatic N) is 1. The summed E-state index contributed by atoms with van der Waals surface area (Å²) < 4.78 is 0. The number of benzene rings is 2. The average molecular weight is 320 g/mol. The predicted octanol–water partition coefficient (Wildman–Crippen LogP) is 3.48. The van der Waals surface area contributed by atoms with Crippen molar-refractivity contribution in [1.29, 1.82) is 0 Å². The van der Waals surface area contributed by atoms with E-state index in [0.717, 1.165) is 42.7 Å². The monoisotopic (exact) mass is 320 g/mol. The fraction of sp³-hybridized carbons (Fsp3) is 0.300. The van der Waals surface area contributed by atoms with Crippen LogP contribution < -0.4 is 10.2 Å². The maximum Gasteiger partial charge on any atom is 0.235 e. The third kappa shape index (κ3) is 2.58. The van der Waals surface area contributed by atoms with Gasteiger partial charge < -0.3 is 10.2 Å². The van der Waals surface area contributed by atoms with E-state index in [0.29, 0.717) is 6.42 Å². The van der Waals surface area contributed by atoms with Crippen molar-refractivity contribution in [2.75, 3.05) is 16.8 Å². The molecule has 1 aliphatic carbocycles. The number of anilines is 2. The molecule has 1 saturated heterocycles. The fourth-order valence-corrected chi connectivity index (χ4v) is 3.43. The highest BCUT2D eigenvalue weighted by atomic mass is 16.2. The summed E-state index contributed by atoms with van der Waals surface area (Å²) in [6, 6.07) is 17.5. The Hall–Kier alpha value is -2.62. The molecule has 0 radical (unpaired) electrons. The molecule has 4 nitrogen and oxygen atoms in total. The third-order valence-corrected chi connectivity index (χ3v) is 5.02. The van der Waals surface area contributed by atoms with Crippen molar-refractivity contribution >= 4 is 23.2 Å². The smallest absolute Gasteiger partial charge is 0.235 e. The number of hydrogen-bond acceptors (Lipinski definition) is 2. The Balaban J connectivity index is 1.48. The van der Waals surface area contributed by atoms with E-state index in [-0.39, 0.29) is 17.2 Å². The Morgan fingerprint density at radius 3 is 2.29 bits per heavy atom. The van der Waals surface area contributed by atoms with Crippen LogP contribution in [0.3, 0.4) is 0 Å². The van der Waals surface area contributed by atoms with Crippen molar-refractivity contribution in [2.45, 2.75) is 31.1 Å². The number of nitrogens with one attached hydrogen (secondary N) is 1. The molecule has 2 aromatic carbocycles.